The summed E-state index contributed by atoms with van der Waals surface area (Å²) in [7, 11) is 0. The maximum absolute atomic E-state index is 12.7. The van der Waals surface area contributed by atoms with Crippen LogP contribution in [0.25, 0.3) is 0 Å². The van der Waals surface area contributed by atoms with Crippen LogP contribution < -0.4 is 16.5 Å². The van der Waals surface area contributed by atoms with Crippen LogP contribution in [0.5, 0.6) is 0 Å². The molecule has 144 valence electrons. The van der Waals surface area contributed by atoms with Crippen molar-refractivity contribution < 1.29 is 14.8 Å². The van der Waals surface area contributed by atoms with Crippen LogP contribution in [0.2, 0.25) is 0 Å². The van der Waals surface area contributed by atoms with Crippen LogP contribution in [0.15, 0.2) is 48.5 Å². The molecule has 0 aliphatic rings. The minimum absolute atomic E-state index is 0.180. The van der Waals surface area contributed by atoms with Gasteiger partial charge >= 0.3 is 6.03 Å². The van der Waals surface area contributed by atoms with Crippen molar-refractivity contribution in [3.63, 3.8) is 0 Å². The molecule has 7 nitrogen and oxygen atoms in total. The van der Waals surface area contributed by atoms with E-state index in [9.17, 15) is 9.59 Å². The van der Waals surface area contributed by atoms with Gasteiger partial charge in [0, 0.05) is 30.9 Å². The molecule has 3 amide bonds. The number of urea groups is 1. The number of hydroxylamine groups is 1. The zero-order valence-corrected chi connectivity index (χ0v) is 15.4. The quantitative estimate of drug-likeness (QED) is 0.423. The first-order valence-corrected chi connectivity index (χ1v) is 8.95. The van der Waals surface area contributed by atoms with Gasteiger partial charge in [-0.25, -0.2) is 10.3 Å². The average molecular weight is 370 g/mol. The lowest BCUT2D eigenvalue weighted by Gasteiger charge is -2.23. The number of anilines is 1. The number of carbonyl (C=O) groups is 2. The Hall–Kier alpha value is -2.90. The number of nitrogens with two attached hydrogens (primary N) is 1. The van der Waals surface area contributed by atoms with Crippen LogP contribution in [-0.4, -0.2) is 28.6 Å². The number of benzene rings is 2. The molecule has 2 rings (SSSR count). The minimum Gasteiger partial charge on any atom is -0.326 e. The molecule has 0 aliphatic carbocycles. The molecule has 2 aromatic rings. The fourth-order valence-electron chi connectivity index (χ4n) is 2.57. The highest BCUT2D eigenvalue weighted by atomic mass is 16.5. The molecule has 0 aromatic heterocycles. The van der Waals surface area contributed by atoms with Crippen LogP contribution in [0.3, 0.4) is 0 Å². The van der Waals surface area contributed by atoms with E-state index in [-0.39, 0.29) is 6.03 Å². The Bertz CT molecular complexity index is 745. The van der Waals surface area contributed by atoms with Gasteiger partial charge in [-0.2, -0.15) is 0 Å². The number of amides is 3. The van der Waals surface area contributed by atoms with E-state index in [4.69, 9.17) is 10.9 Å². The van der Waals surface area contributed by atoms with Gasteiger partial charge in [0.1, 0.15) is 0 Å². The first-order valence-electron chi connectivity index (χ1n) is 8.95. The second kappa shape index (κ2) is 10.3. The molecule has 7 heteroatoms. The van der Waals surface area contributed by atoms with E-state index in [1.165, 1.54) is 0 Å². The predicted octanol–water partition coefficient (Wildman–Crippen LogP) is 3.10. The Morgan fingerprint density at radius 3 is 2.22 bits per heavy atom. The van der Waals surface area contributed by atoms with E-state index in [0.29, 0.717) is 30.9 Å². The van der Waals surface area contributed by atoms with Gasteiger partial charge < -0.3 is 16.0 Å². The molecule has 0 spiro atoms. The van der Waals surface area contributed by atoms with Crippen molar-refractivity contribution in [3.8, 4) is 0 Å². The fourth-order valence-corrected chi connectivity index (χ4v) is 2.57. The lowest BCUT2D eigenvalue weighted by molar-refractivity contribution is 0.0706. The highest BCUT2D eigenvalue weighted by Gasteiger charge is 2.14. The Morgan fingerprint density at radius 2 is 1.67 bits per heavy atom. The summed E-state index contributed by atoms with van der Waals surface area (Å²) in [6.45, 7) is 3.58. The monoisotopic (exact) mass is 370 g/mol. The van der Waals surface area contributed by atoms with Crippen molar-refractivity contribution in [2.45, 2.75) is 32.9 Å². The Morgan fingerprint density at radius 1 is 1.04 bits per heavy atom. The molecule has 0 saturated carbocycles. The van der Waals surface area contributed by atoms with Crippen LogP contribution in [0, 0.1) is 0 Å². The average Bonchev–Trinajstić information content (AvgIpc) is 2.71. The van der Waals surface area contributed by atoms with Gasteiger partial charge in [-0.1, -0.05) is 37.6 Å². The fraction of sp³-hybridized carbons (Fsp3) is 0.300. The van der Waals surface area contributed by atoms with E-state index >= 15 is 0 Å². The van der Waals surface area contributed by atoms with Gasteiger partial charge in [0.05, 0.1) is 0 Å². The maximum atomic E-state index is 12.7. The molecule has 0 unspecified atom stereocenters. The molecule has 0 heterocycles. The molecular formula is C20H26N4O3. The Labute approximate surface area is 159 Å². The van der Waals surface area contributed by atoms with Crippen molar-refractivity contribution >= 4 is 17.6 Å². The molecule has 0 atom stereocenters. The summed E-state index contributed by atoms with van der Waals surface area (Å²) in [5.41, 5.74) is 10.2. The van der Waals surface area contributed by atoms with E-state index in [2.05, 4.69) is 12.2 Å². The third-order valence-corrected chi connectivity index (χ3v) is 4.20. The predicted molar refractivity (Wildman–Crippen MR) is 104 cm³/mol. The lowest BCUT2D eigenvalue weighted by atomic mass is 10.1. The number of unbranched alkanes of at least 4 members (excludes halogenated alkanes) is 1. The van der Waals surface area contributed by atoms with Gasteiger partial charge in [0.25, 0.3) is 5.91 Å². The number of hydrogen-bond donors (Lipinski definition) is 4. The van der Waals surface area contributed by atoms with Crippen LogP contribution in [-0.2, 0) is 13.1 Å². The summed E-state index contributed by atoms with van der Waals surface area (Å²) in [5.74, 6) is -0.567. The smallest absolute Gasteiger partial charge is 0.322 e. The van der Waals surface area contributed by atoms with Gasteiger partial charge in [-0.15, -0.1) is 0 Å². The van der Waals surface area contributed by atoms with E-state index in [1.807, 2.05) is 24.3 Å². The maximum Gasteiger partial charge on any atom is 0.322 e. The van der Waals surface area contributed by atoms with Crippen LogP contribution in [0.4, 0.5) is 10.5 Å². The molecular weight excluding hydrogens is 344 g/mol. The topological polar surface area (TPSA) is 108 Å². The third kappa shape index (κ3) is 6.09. The summed E-state index contributed by atoms with van der Waals surface area (Å²) in [6, 6.07) is 14.0. The molecule has 5 N–H and O–H groups in total. The number of nitrogens with one attached hydrogen (secondary N) is 2. The number of nitrogens with zero attached hydrogens (tertiary/aromatic N) is 1. The molecule has 0 aliphatic heterocycles. The summed E-state index contributed by atoms with van der Waals surface area (Å²) < 4.78 is 0. The molecule has 27 heavy (non-hydrogen) atoms. The molecule has 0 bridgehead atoms. The molecule has 0 fully saturated rings. The third-order valence-electron chi connectivity index (χ3n) is 4.20. The minimum atomic E-state index is -0.567. The summed E-state index contributed by atoms with van der Waals surface area (Å²) in [4.78, 5) is 25.8. The second-order valence-electron chi connectivity index (χ2n) is 6.24. The first-order chi connectivity index (χ1) is 13.1. The highest BCUT2D eigenvalue weighted by Crippen LogP contribution is 2.13. The normalized spacial score (nSPS) is 10.3. The number of carbonyl (C=O) groups excluding carboxylic acids is 2. The van der Waals surface area contributed by atoms with E-state index in [0.717, 1.165) is 24.0 Å². The summed E-state index contributed by atoms with van der Waals surface area (Å²) in [5, 5.41) is 11.6. The van der Waals surface area contributed by atoms with Gasteiger partial charge in [0.2, 0.25) is 0 Å². The standard InChI is InChI=1S/C20H26N4O3/c1-2-3-12-24(14-16-4-8-17(9-5-16)19(25)23-27)20(26)22-18-10-6-15(13-21)7-11-18/h4-11,27H,2-3,12-14,21H2,1H3,(H,22,26)(H,23,25). The summed E-state index contributed by atoms with van der Waals surface area (Å²) >= 11 is 0. The van der Waals surface area contributed by atoms with Gasteiger partial charge in [-0.3, -0.25) is 10.0 Å². The molecule has 0 saturated heterocycles. The number of hydrogen-bond acceptors (Lipinski definition) is 4. The van der Waals surface area contributed by atoms with Crippen molar-refractivity contribution in [3.05, 3.63) is 65.2 Å². The second-order valence-corrected chi connectivity index (χ2v) is 6.24. The van der Waals surface area contributed by atoms with Gasteiger partial charge in [-0.05, 0) is 41.8 Å². The van der Waals surface area contributed by atoms with Gasteiger partial charge in [0.15, 0.2) is 0 Å². The van der Waals surface area contributed by atoms with E-state index in [1.54, 1.807) is 34.6 Å². The zero-order valence-electron chi connectivity index (χ0n) is 15.4. The van der Waals surface area contributed by atoms with Crippen molar-refractivity contribution in [2.75, 3.05) is 11.9 Å². The highest BCUT2D eigenvalue weighted by molar-refractivity contribution is 5.93. The first kappa shape index (κ1) is 20.4. The van der Waals surface area contributed by atoms with Crippen molar-refractivity contribution in [1.82, 2.24) is 10.4 Å². The van der Waals surface area contributed by atoms with Crippen LogP contribution >= 0.6 is 0 Å². The largest absolute Gasteiger partial charge is 0.326 e. The SMILES string of the molecule is CCCCN(Cc1ccc(C(=O)NO)cc1)C(=O)Nc1ccc(CN)cc1. The Balaban J connectivity index is 2.06. The molecule has 0 radical (unpaired) electrons. The number of rotatable bonds is 8. The van der Waals surface area contributed by atoms with Crippen LogP contribution in [0.1, 0.15) is 41.3 Å². The summed E-state index contributed by atoms with van der Waals surface area (Å²) in [6.07, 6.45) is 1.87. The van der Waals surface area contributed by atoms with Crippen molar-refractivity contribution in [1.29, 1.82) is 0 Å². The zero-order chi connectivity index (χ0) is 19.6. The molecule has 2 aromatic carbocycles. The van der Waals surface area contributed by atoms with Crippen molar-refractivity contribution in [2.24, 2.45) is 5.73 Å². The Kier molecular flexibility index (Phi) is 7.79. The lowest BCUT2D eigenvalue weighted by Crippen LogP contribution is -2.35. The van der Waals surface area contributed by atoms with E-state index < -0.39 is 5.91 Å².